The van der Waals surface area contributed by atoms with Crippen LogP contribution in [-0.2, 0) is 14.4 Å². The summed E-state index contributed by atoms with van der Waals surface area (Å²) in [5, 5.41) is 21.2. The molecule has 0 bridgehead atoms. The molecule has 1 heterocycles. The van der Waals surface area contributed by atoms with Gasteiger partial charge in [-0.25, -0.2) is 0 Å². The van der Waals surface area contributed by atoms with E-state index in [0.29, 0.717) is 24.4 Å². The van der Waals surface area contributed by atoms with E-state index in [4.69, 9.17) is 15.6 Å². The quantitative estimate of drug-likeness (QED) is 0.498. The van der Waals surface area contributed by atoms with E-state index in [-0.39, 0.29) is 13.0 Å². The van der Waals surface area contributed by atoms with Crippen LogP contribution in [0.15, 0.2) is 24.3 Å². The number of amides is 1. The van der Waals surface area contributed by atoms with Crippen molar-refractivity contribution in [3.8, 4) is 5.75 Å². The summed E-state index contributed by atoms with van der Waals surface area (Å²) in [6, 6.07) is 4.63. The number of ether oxygens (including phenoxy) is 1. The number of nitrogens with two attached hydrogens (primary N) is 1. The minimum absolute atomic E-state index is 0.0988. The van der Waals surface area contributed by atoms with Gasteiger partial charge in [-0.05, 0) is 31.5 Å². The smallest absolute Gasteiger partial charge is 0.323 e. The Kier molecular flexibility index (Phi) is 6.31. The van der Waals surface area contributed by atoms with Gasteiger partial charge >= 0.3 is 11.9 Å². The Balaban J connectivity index is 2.25. The molecule has 1 unspecified atom stereocenters. The zero-order valence-corrected chi connectivity index (χ0v) is 13.6. The van der Waals surface area contributed by atoms with Crippen molar-refractivity contribution >= 4 is 23.5 Å². The molecule has 2 atom stereocenters. The predicted molar refractivity (Wildman–Crippen MR) is 88.6 cm³/mol. The van der Waals surface area contributed by atoms with Gasteiger partial charge in [-0.1, -0.05) is 12.1 Å². The highest BCUT2D eigenvalue weighted by Gasteiger charge is 2.35. The molecular weight excluding hydrogens is 330 g/mol. The average Bonchev–Trinajstić information content (AvgIpc) is 2.70. The lowest BCUT2D eigenvalue weighted by molar-refractivity contribution is -0.141. The summed E-state index contributed by atoms with van der Waals surface area (Å²) in [5.74, 6) is -2.46. The molecule has 9 nitrogen and oxygen atoms in total. The number of carboxylic acid groups (broad SMARTS) is 2. The van der Waals surface area contributed by atoms with Crippen LogP contribution in [-0.4, -0.2) is 59.8 Å². The van der Waals surface area contributed by atoms with E-state index >= 15 is 0 Å². The predicted octanol–water partition coefficient (Wildman–Crippen LogP) is -0.353. The number of anilines is 1. The molecular formula is C16H21N3O6. The number of para-hydroxylation sites is 2. The second kappa shape index (κ2) is 8.45. The third kappa shape index (κ3) is 4.68. The van der Waals surface area contributed by atoms with E-state index in [2.05, 4.69) is 5.32 Å². The van der Waals surface area contributed by atoms with Gasteiger partial charge in [-0.15, -0.1) is 0 Å². The summed E-state index contributed by atoms with van der Waals surface area (Å²) >= 11 is 0. The summed E-state index contributed by atoms with van der Waals surface area (Å²) in [6.45, 7) is -0.312. The number of carbonyl (C=O) groups is 3. The van der Waals surface area contributed by atoms with Gasteiger partial charge in [0.25, 0.3) is 0 Å². The summed E-state index contributed by atoms with van der Waals surface area (Å²) in [6.07, 6.45) is 0.728. The first kappa shape index (κ1) is 18.7. The van der Waals surface area contributed by atoms with Crippen molar-refractivity contribution in [2.45, 2.75) is 24.9 Å². The van der Waals surface area contributed by atoms with E-state index in [9.17, 15) is 19.5 Å². The zero-order valence-electron chi connectivity index (χ0n) is 13.6. The molecule has 1 aromatic rings. The number of rotatable bonds is 8. The highest BCUT2D eigenvalue weighted by molar-refractivity contribution is 6.02. The molecule has 2 rings (SSSR count). The molecule has 5 N–H and O–H groups in total. The van der Waals surface area contributed by atoms with Crippen LogP contribution in [0.5, 0.6) is 5.75 Å². The Morgan fingerprint density at radius 3 is 2.72 bits per heavy atom. The maximum Gasteiger partial charge on any atom is 0.323 e. The molecule has 0 aliphatic carbocycles. The number of fused-ring (bicyclic) bond motifs is 1. The van der Waals surface area contributed by atoms with E-state index < -0.39 is 36.5 Å². The minimum Gasteiger partial charge on any atom is -0.489 e. The molecule has 1 aliphatic heterocycles. The first-order valence-corrected chi connectivity index (χ1v) is 7.88. The average molecular weight is 351 g/mol. The number of nitrogens with one attached hydrogen (secondary N) is 1. The monoisotopic (exact) mass is 351 g/mol. The SMILES string of the molecule is NCCCC(N[C@H]1COc2ccccc2N(CC(=O)O)C1=O)C(=O)O. The van der Waals surface area contributed by atoms with Crippen molar-refractivity contribution in [1.82, 2.24) is 5.32 Å². The van der Waals surface area contributed by atoms with Gasteiger partial charge in [0.2, 0.25) is 5.91 Å². The second-order valence-corrected chi connectivity index (χ2v) is 5.64. The lowest BCUT2D eigenvalue weighted by Gasteiger charge is -2.25. The summed E-state index contributed by atoms with van der Waals surface area (Å²) < 4.78 is 5.59. The van der Waals surface area contributed by atoms with Gasteiger partial charge in [0.1, 0.15) is 31.0 Å². The molecule has 0 aromatic heterocycles. The minimum atomic E-state index is -1.18. The Hall–Kier alpha value is -2.65. The van der Waals surface area contributed by atoms with Crippen LogP contribution >= 0.6 is 0 Å². The Labute approximate surface area is 144 Å². The maximum absolute atomic E-state index is 12.8. The fourth-order valence-electron chi connectivity index (χ4n) is 2.61. The summed E-state index contributed by atoms with van der Waals surface area (Å²) in [4.78, 5) is 36.4. The van der Waals surface area contributed by atoms with E-state index in [1.165, 1.54) is 0 Å². The third-order valence-electron chi connectivity index (χ3n) is 3.82. The lowest BCUT2D eigenvalue weighted by atomic mass is 10.1. The normalized spacial score (nSPS) is 18.0. The van der Waals surface area contributed by atoms with Gasteiger partial charge in [0.15, 0.2) is 0 Å². The Morgan fingerprint density at radius 2 is 2.08 bits per heavy atom. The molecule has 1 aliphatic rings. The molecule has 0 saturated heterocycles. The van der Waals surface area contributed by atoms with Gasteiger partial charge < -0.3 is 20.7 Å². The van der Waals surface area contributed by atoms with Crippen LogP contribution in [0.1, 0.15) is 12.8 Å². The van der Waals surface area contributed by atoms with E-state index in [1.54, 1.807) is 24.3 Å². The summed E-state index contributed by atoms with van der Waals surface area (Å²) in [5.41, 5.74) is 5.75. The van der Waals surface area contributed by atoms with Gasteiger partial charge in [0, 0.05) is 0 Å². The molecule has 1 aromatic carbocycles. The zero-order chi connectivity index (χ0) is 18.4. The second-order valence-electron chi connectivity index (χ2n) is 5.64. The highest BCUT2D eigenvalue weighted by Crippen LogP contribution is 2.31. The summed E-state index contributed by atoms with van der Waals surface area (Å²) in [7, 11) is 0. The van der Waals surface area contributed by atoms with Crippen molar-refractivity contribution in [2.24, 2.45) is 5.73 Å². The molecule has 25 heavy (non-hydrogen) atoms. The number of carboxylic acids is 2. The maximum atomic E-state index is 12.8. The van der Waals surface area contributed by atoms with Crippen molar-refractivity contribution in [3.05, 3.63) is 24.3 Å². The topological polar surface area (TPSA) is 142 Å². The fraction of sp³-hybridized carbons (Fsp3) is 0.438. The third-order valence-corrected chi connectivity index (χ3v) is 3.82. The van der Waals surface area contributed by atoms with Crippen LogP contribution in [0.25, 0.3) is 0 Å². The van der Waals surface area contributed by atoms with Crippen molar-refractivity contribution in [2.75, 3.05) is 24.6 Å². The first-order chi connectivity index (χ1) is 11.9. The number of hydrogen-bond acceptors (Lipinski definition) is 6. The molecule has 0 radical (unpaired) electrons. The Bertz CT molecular complexity index is 651. The Morgan fingerprint density at radius 1 is 1.36 bits per heavy atom. The number of nitrogens with zero attached hydrogens (tertiary/aromatic N) is 1. The first-order valence-electron chi connectivity index (χ1n) is 7.88. The number of hydrogen-bond donors (Lipinski definition) is 4. The number of carbonyl (C=O) groups excluding carboxylic acids is 1. The molecule has 1 amide bonds. The van der Waals surface area contributed by atoms with Gasteiger partial charge in [-0.2, -0.15) is 0 Å². The van der Waals surface area contributed by atoms with E-state index in [0.717, 1.165) is 4.90 Å². The van der Waals surface area contributed by atoms with Crippen molar-refractivity contribution in [1.29, 1.82) is 0 Å². The standard InChI is InChI=1S/C16H21N3O6/c17-7-3-4-10(16(23)24)18-11-9-25-13-6-2-1-5-12(13)19(15(11)22)8-14(20)21/h1-2,5-6,10-11,18H,3-4,7-9,17H2,(H,20,21)(H,23,24)/t10?,11-/m0/s1. The fourth-order valence-corrected chi connectivity index (χ4v) is 2.61. The van der Waals surface area contributed by atoms with Gasteiger partial charge in [0.05, 0.1) is 5.69 Å². The van der Waals surface area contributed by atoms with E-state index in [1.807, 2.05) is 0 Å². The van der Waals surface area contributed by atoms with Crippen LogP contribution in [0.2, 0.25) is 0 Å². The molecule has 0 saturated carbocycles. The van der Waals surface area contributed by atoms with Crippen molar-refractivity contribution in [3.63, 3.8) is 0 Å². The number of benzene rings is 1. The molecule has 0 fully saturated rings. The van der Waals surface area contributed by atoms with Gasteiger partial charge in [-0.3, -0.25) is 24.6 Å². The molecule has 0 spiro atoms. The van der Waals surface area contributed by atoms with Crippen LogP contribution in [0.4, 0.5) is 5.69 Å². The van der Waals surface area contributed by atoms with Crippen LogP contribution in [0.3, 0.4) is 0 Å². The van der Waals surface area contributed by atoms with Crippen LogP contribution in [0, 0.1) is 0 Å². The largest absolute Gasteiger partial charge is 0.489 e. The number of aliphatic carboxylic acids is 2. The highest BCUT2D eigenvalue weighted by atomic mass is 16.5. The lowest BCUT2D eigenvalue weighted by Crippen LogP contribution is -2.54. The molecule has 9 heteroatoms. The van der Waals surface area contributed by atoms with Crippen LogP contribution < -0.4 is 20.7 Å². The molecule has 136 valence electrons. The van der Waals surface area contributed by atoms with Crippen molar-refractivity contribution < 1.29 is 29.3 Å².